The van der Waals surface area contributed by atoms with Crippen molar-refractivity contribution in [1.29, 1.82) is 0 Å². The summed E-state index contributed by atoms with van der Waals surface area (Å²) < 4.78 is 0. The topological polar surface area (TPSA) is 55.1 Å². The lowest BCUT2D eigenvalue weighted by Gasteiger charge is -2.18. The SMILES string of the molecule is Cc1ccc(C(N)C(=O)N[C@H](C)c2cccc(C)c2)cc1. The van der Waals surface area contributed by atoms with Gasteiger partial charge in [-0.1, -0.05) is 59.7 Å². The average molecular weight is 282 g/mol. The van der Waals surface area contributed by atoms with Crippen LogP contribution in [-0.2, 0) is 4.79 Å². The number of rotatable bonds is 4. The number of amides is 1. The standard InChI is InChI=1S/C18H22N2O/c1-12-7-9-15(10-8-12)17(19)18(21)20-14(3)16-6-4-5-13(2)11-16/h4-11,14,17H,19H2,1-3H3,(H,20,21)/t14-,17?/m1/s1. The van der Waals surface area contributed by atoms with Gasteiger partial charge in [-0.2, -0.15) is 0 Å². The van der Waals surface area contributed by atoms with Gasteiger partial charge in [0.1, 0.15) is 6.04 Å². The lowest BCUT2D eigenvalue weighted by atomic mass is 10.0. The van der Waals surface area contributed by atoms with Gasteiger partial charge in [0, 0.05) is 0 Å². The van der Waals surface area contributed by atoms with Crippen molar-refractivity contribution in [1.82, 2.24) is 5.32 Å². The molecule has 2 aromatic rings. The van der Waals surface area contributed by atoms with Gasteiger partial charge in [-0.15, -0.1) is 0 Å². The van der Waals surface area contributed by atoms with Crippen LogP contribution in [0.1, 0.15) is 41.3 Å². The largest absolute Gasteiger partial charge is 0.348 e. The molecule has 0 aliphatic heterocycles. The minimum Gasteiger partial charge on any atom is -0.348 e. The van der Waals surface area contributed by atoms with E-state index in [-0.39, 0.29) is 11.9 Å². The second kappa shape index (κ2) is 6.55. The van der Waals surface area contributed by atoms with Crippen LogP contribution in [0.15, 0.2) is 48.5 Å². The number of aryl methyl sites for hydroxylation is 2. The number of nitrogens with one attached hydrogen (secondary N) is 1. The summed E-state index contributed by atoms with van der Waals surface area (Å²) in [5.41, 5.74) is 10.3. The molecule has 0 fully saturated rings. The van der Waals surface area contributed by atoms with Crippen LogP contribution in [0.25, 0.3) is 0 Å². The van der Waals surface area contributed by atoms with Crippen LogP contribution in [0.3, 0.4) is 0 Å². The van der Waals surface area contributed by atoms with Gasteiger partial charge >= 0.3 is 0 Å². The zero-order valence-corrected chi connectivity index (χ0v) is 12.8. The van der Waals surface area contributed by atoms with Crippen molar-refractivity contribution in [2.45, 2.75) is 32.9 Å². The summed E-state index contributed by atoms with van der Waals surface area (Å²) in [5.74, 6) is -0.159. The van der Waals surface area contributed by atoms with Gasteiger partial charge in [0.05, 0.1) is 6.04 Å². The molecule has 0 aliphatic carbocycles. The molecule has 0 saturated carbocycles. The zero-order chi connectivity index (χ0) is 15.4. The number of nitrogens with two attached hydrogens (primary N) is 1. The second-order valence-corrected chi connectivity index (χ2v) is 5.53. The van der Waals surface area contributed by atoms with Gasteiger partial charge in [-0.05, 0) is 31.9 Å². The Kier molecular flexibility index (Phi) is 4.76. The highest BCUT2D eigenvalue weighted by molar-refractivity contribution is 5.83. The summed E-state index contributed by atoms with van der Waals surface area (Å²) in [7, 11) is 0. The summed E-state index contributed by atoms with van der Waals surface area (Å²) in [6.07, 6.45) is 0. The Morgan fingerprint density at radius 1 is 1.00 bits per heavy atom. The van der Waals surface area contributed by atoms with E-state index >= 15 is 0 Å². The van der Waals surface area contributed by atoms with Crippen LogP contribution in [0.2, 0.25) is 0 Å². The fraction of sp³-hybridized carbons (Fsp3) is 0.278. The summed E-state index contributed by atoms with van der Waals surface area (Å²) in [4.78, 5) is 12.3. The average Bonchev–Trinajstić information content (AvgIpc) is 2.47. The molecular formula is C18H22N2O. The molecule has 1 unspecified atom stereocenters. The first-order valence-corrected chi connectivity index (χ1v) is 7.16. The van der Waals surface area contributed by atoms with Crippen LogP contribution < -0.4 is 11.1 Å². The fourth-order valence-corrected chi connectivity index (χ4v) is 2.25. The van der Waals surface area contributed by atoms with Gasteiger partial charge in [0.2, 0.25) is 5.91 Å². The molecule has 2 aromatic carbocycles. The molecule has 2 rings (SSSR count). The van der Waals surface area contributed by atoms with Crippen molar-refractivity contribution in [2.75, 3.05) is 0 Å². The zero-order valence-electron chi connectivity index (χ0n) is 12.8. The third kappa shape index (κ3) is 3.92. The first kappa shape index (κ1) is 15.3. The van der Waals surface area contributed by atoms with Gasteiger partial charge < -0.3 is 11.1 Å². The van der Waals surface area contributed by atoms with Crippen molar-refractivity contribution in [3.8, 4) is 0 Å². The number of hydrogen-bond acceptors (Lipinski definition) is 2. The molecule has 0 bridgehead atoms. The van der Waals surface area contributed by atoms with E-state index in [9.17, 15) is 4.79 Å². The van der Waals surface area contributed by atoms with Crippen LogP contribution in [0, 0.1) is 13.8 Å². The number of carbonyl (C=O) groups excluding carboxylic acids is 1. The summed E-state index contributed by atoms with van der Waals surface area (Å²) in [6.45, 7) is 6.01. The van der Waals surface area contributed by atoms with E-state index in [0.29, 0.717) is 0 Å². The maximum Gasteiger partial charge on any atom is 0.241 e. The molecule has 21 heavy (non-hydrogen) atoms. The minimum absolute atomic E-state index is 0.0612. The predicted molar refractivity (Wildman–Crippen MR) is 85.8 cm³/mol. The predicted octanol–water partition coefficient (Wildman–Crippen LogP) is 3.18. The third-order valence-electron chi connectivity index (χ3n) is 3.62. The molecule has 3 N–H and O–H groups in total. The van der Waals surface area contributed by atoms with Gasteiger partial charge in [0.25, 0.3) is 0 Å². The van der Waals surface area contributed by atoms with E-state index in [2.05, 4.69) is 11.4 Å². The molecule has 0 spiro atoms. The first-order chi connectivity index (χ1) is 9.97. The Bertz CT molecular complexity index is 619. The Morgan fingerprint density at radius 2 is 1.67 bits per heavy atom. The smallest absolute Gasteiger partial charge is 0.241 e. The Labute approximate surface area is 126 Å². The van der Waals surface area contributed by atoms with Crippen LogP contribution >= 0.6 is 0 Å². The highest BCUT2D eigenvalue weighted by Gasteiger charge is 2.18. The second-order valence-electron chi connectivity index (χ2n) is 5.53. The molecule has 110 valence electrons. The van der Waals surface area contributed by atoms with Gasteiger partial charge in [-0.25, -0.2) is 0 Å². The third-order valence-corrected chi connectivity index (χ3v) is 3.62. The molecule has 0 radical (unpaired) electrons. The molecule has 3 heteroatoms. The normalized spacial score (nSPS) is 13.5. The number of carbonyl (C=O) groups is 1. The quantitative estimate of drug-likeness (QED) is 0.905. The van der Waals surface area contributed by atoms with Crippen molar-refractivity contribution in [2.24, 2.45) is 5.73 Å². The van der Waals surface area contributed by atoms with E-state index in [1.54, 1.807) is 0 Å². The fourth-order valence-electron chi connectivity index (χ4n) is 2.25. The van der Waals surface area contributed by atoms with E-state index < -0.39 is 6.04 Å². The lowest BCUT2D eigenvalue weighted by Crippen LogP contribution is -2.35. The molecule has 2 atom stereocenters. The highest BCUT2D eigenvalue weighted by atomic mass is 16.2. The van der Waals surface area contributed by atoms with Crippen molar-refractivity contribution in [3.63, 3.8) is 0 Å². The van der Waals surface area contributed by atoms with Crippen molar-refractivity contribution >= 4 is 5.91 Å². The van der Waals surface area contributed by atoms with Gasteiger partial charge in [0.15, 0.2) is 0 Å². The van der Waals surface area contributed by atoms with Gasteiger partial charge in [-0.3, -0.25) is 4.79 Å². The molecule has 3 nitrogen and oxygen atoms in total. The van der Waals surface area contributed by atoms with Crippen molar-refractivity contribution in [3.05, 3.63) is 70.8 Å². The van der Waals surface area contributed by atoms with Crippen LogP contribution in [0.4, 0.5) is 0 Å². The first-order valence-electron chi connectivity index (χ1n) is 7.16. The Balaban J connectivity index is 2.05. The number of hydrogen-bond donors (Lipinski definition) is 2. The highest BCUT2D eigenvalue weighted by Crippen LogP contribution is 2.16. The lowest BCUT2D eigenvalue weighted by molar-refractivity contribution is -0.123. The van der Waals surface area contributed by atoms with E-state index in [1.165, 1.54) is 5.56 Å². The van der Waals surface area contributed by atoms with Crippen LogP contribution in [0.5, 0.6) is 0 Å². The summed E-state index contributed by atoms with van der Waals surface area (Å²) in [6, 6.07) is 15.1. The van der Waals surface area contributed by atoms with Crippen molar-refractivity contribution < 1.29 is 4.79 Å². The molecular weight excluding hydrogens is 260 g/mol. The maximum atomic E-state index is 12.3. The van der Waals surface area contributed by atoms with E-state index in [1.807, 2.05) is 63.2 Å². The van der Waals surface area contributed by atoms with E-state index in [4.69, 9.17) is 5.73 Å². The molecule has 0 saturated heterocycles. The maximum absolute atomic E-state index is 12.3. The summed E-state index contributed by atoms with van der Waals surface area (Å²) >= 11 is 0. The Hall–Kier alpha value is -2.13. The molecule has 0 aliphatic rings. The van der Waals surface area contributed by atoms with E-state index in [0.717, 1.165) is 16.7 Å². The molecule has 1 amide bonds. The Morgan fingerprint density at radius 3 is 2.29 bits per heavy atom. The minimum atomic E-state index is -0.641. The van der Waals surface area contributed by atoms with Crippen LogP contribution in [-0.4, -0.2) is 5.91 Å². The number of benzene rings is 2. The summed E-state index contributed by atoms with van der Waals surface area (Å²) in [5, 5.41) is 2.97. The molecule has 0 heterocycles. The molecule has 0 aromatic heterocycles. The monoisotopic (exact) mass is 282 g/mol.